The molecule has 19 heavy (non-hydrogen) atoms. The van der Waals surface area contributed by atoms with Crippen LogP contribution in [0.2, 0.25) is 0 Å². The quantitative estimate of drug-likeness (QED) is 0.788. The molecule has 0 saturated heterocycles. The number of nitrogens with one attached hydrogen (secondary N) is 1. The number of hydrogen-bond donors (Lipinski definition) is 2. The molecule has 1 aromatic carbocycles. The minimum atomic E-state index is -0.231. The number of benzene rings is 1. The summed E-state index contributed by atoms with van der Waals surface area (Å²) in [5, 5.41) is 3.01. The smallest absolute Gasteiger partial charge is 0.227 e. The van der Waals surface area contributed by atoms with Crippen molar-refractivity contribution in [3.05, 3.63) is 35.4 Å². The normalized spacial score (nSPS) is 16.1. The molecule has 0 bridgehead atoms. The highest BCUT2D eigenvalue weighted by Crippen LogP contribution is 2.44. The second kappa shape index (κ2) is 6.20. The van der Waals surface area contributed by atoms with Crippen LogP contribution in [0.1, 0.15) is 37.3 Å². The molecule has 0 radical (unpaired) electrons. The number of aryl methyl sites for hydroxylation is 1. The maximum atomic E-state index is 11.9. The van der Waals surface area contributed by atoms with Gasteiger partial charge >= 0.3 is 0 Å². The molecular formula is C16H24N2O. The van der Waals surface area contributed by atoms with E-state index in [0.717, 1.165) is 25.7 Å². The maximum absolute atomic E-state index is 11.9. The lowest BCUT2D eigenvalue weighted by molar-refractivity contribution is -0.125. The van der Waals surface area contributed by atoms with E-state index in [2.05, 4.69) is 36.5 Å². The fourth-order valence-corrected chi connectivity index (χ4v) is 2.34. The van der Waals surface area contributed by atoms with Gasteiger partial charge in [0.2, 0.25) is 5.91 Å². The summed E-state index contributed by atoms with van der Waals surface area (Å²) in [4.78, 5) is 11.9. The molecule has 3 heteroatoms. The Hall–Kier alpha value is -1.35. The average molecular weight is 260 g/mol. The summed E-state index contributed by atoms with van der Waals surface area (Å²) in [5.41, 5.74) is 8.07. The third kappa shape index (κ3) is 3.57. The van der Waals surface area contributed by atoms with Gasteiger partial charge in [0, 0.05) is 13.1 Å². The molecule has 1 fully saturated rings. The van der Waals surface area contributed by atoms with Crippen LogP contribution in [-0.2, 0) is 17.6 Å². The van der Waals surface area contributed by atoms with Gasteiger partial charge in [-0.3, -0.25) is 4.79 Å². The zero-order chi connectivity index (χ0) is 13.7. The van der Waals surface area contributed by atoms with Crippen molar-refractivity contribution >= 4 is 5.91 Å². The molecule has 2 rings (SSSR count). The van der Waals surface area contributed by atoms with Gasteiger partial charge in [-0.05, 0) is 36.8 Å². The lowest BCUT2D eigenvalue weighted by Gasteiger charge is -2.12. The van der Waals surface area contributed by atoms with Gasteiger partial charge in [-0.2, -0.15) is 0 Å². The molecule has 0 unspecified atom stereocenters. The summed E-state index contributed by atoms with van der Waals surface area (Å²) in [6.07, 6.45) is 5.09. The number of hydrogen-bond acceptors (Lipinski definition) is 2. The number of amides is 1. The van der Waals surface area contributed by atoms with Crippen LogP contribution in [0.15, 0.2) is 24.3 Å². The van der Waals surface area contributed by atoms with Crippen molar-refractivity contribution in [3.8, 4) is 0 Å². The molecule has 0 atom stereocenters. The molecule has 1 aromatic rings. The highest BCUT2D eigenvalue weighted by atomic mass is 16.2. The fourth-order valence-electron chi connectivity index (χ4n) is 2.34. The van der Waals surface area contributed by atoms with Crippen molar-refractivity contribution in [1.29, 1.82) is 0 Å². The monoisotopic (exact) mass is 260 g/mol. The van der Waals surface area contributed by atoms with Crippen molar-refractivity contribution in [1.82, 2.24) is 5.32 Å². The molecular weight excluding hydrogens is 236 g/mol. The highest BCUT2D eigenvalue weighted by Gasteiger charge is 2.48. The van der Waals surface area contributed by atoms with Gasteiger partial charge in [-0.15, -0.1) is 0 Å². The summed E-state index contributed by atoms with van der Waals surface area (Å²) in [6, 6.07) is 8.69. The van der Waals surface area contributed by atoms with Gasteiger partial charge < -0.3 is 11.1 Å². The molecule has 1 aliphatic carbocycles. The third-order valence-electron chi connectivity index (χ3n) is 3.99. The molecule has 0 spiro atoms. The first-order chi connectivity index (χ1) is 9.20. The molecule has 1 amide bonds. The van der Waals surface area contributed by atoms with Gasteiger partial charge in [0.15, 0.2) is 0 Å². The first kappa shape index (κ1) is 14.1. The van der Waals surface area contributed by atoms with Crippen LogP contribution in [0.3, 0.4) is 0 Å². The van der Waals surface area contributed by atoms with Crippen LogP contribution in [0, 0.1) is 5.41 Å². The van der Waals surface area contributed by atoms with Crippen molar-refractivity contribution in [2.24, 2.45) is 11.1 Å². The molecule has 0 aromatic heterocycles. The Labute approximate surface area is 115 Å². The van der Waals surface area contributed by atoms with Crippen LogP contribution in [-0.4, -0.2) is 19.0 Å². The van der Waals surface area contributed by atoms with Crippen LogP contribution >= 0.6 is 0 Å². The number of rotatable bonds is 7. The lowest BCUT2D eigenvalue weighted by Crippen LogP contribution is -2.37. The Morgan fingerprint density at radius 2 is 1.79 bits per heavy atom. The van der Waals surface area contributed by atoms with Crippen molar-refractivity contribution < 1.29 is 4.79 Å². The van der Waals surface area contributed by atoms with E-state index in [1.807, 2.05) is 0 Å². The summed E-state index contributed by atoms with van der Waals surface area (Å²) < 4.78 is 0. The maximum Gasteiger partial charge on any atom is 0.227 e. The third-order valence-corrected chi connectivity index (χ3v) is 3.99. The van der Waals surface area contributed by atoms with E-state index in [4.69, 9.17) is 5.73 Å². The summed E-state index contributed by atoms with van der Waals surface area (Å²) >= 11 is 0. The van der Waals surface area contributed by atoms with Crippen LogP contribution < -0.4 is 11.1 Å². The largest absolute Gasteiger partial charge is 0.355 e. The summed E-state index contributed by atoms with van der Waals surface area (Å²) in [6.45, 7) is 3.37. The second-order valence-electron chi connectivity index (χ2n) is 5.56. The standard InChI is InChI=1S/C16H24N2O/c1-2-3-13-4-6-14(7-5-13)8-11-18-15(19)16(12-17)9-10-16/h4-7H,2-3,8-12,17H2,1H3,(H,18,19). The first-order valence-electron chi connectivity index (χ1n) is 7.26. The Kier molecular flexibility index (Phi) is 4.59. The average Bonchev–Trinajstić information content (AvgIpc) is 3.22. The first-order valence-corrected chi connectivity index (χ1v) is 7.26. The Morgan fingerprint density at radius 1 is 1.21 bits per heavy atom. The zero-order valence-corrected chi connectivity index (χ0v) is 11.7. The van der Waals surface area contributed by atoms with E-state index in [1.165, 1.54) is 17.5 Å². The topological polar surface area (TPSA) is 55.1 Å². The second-order valence-corrected chi connectivity index (χ2v) is 5.56. The van der Waals surface area contributed by atoms with Gasteiger partial charge in [0.25, 0.3) is 0 Å². The van der Waals surface area contributed by atoms with E-state index in [9.17, 15) is 4.79 Å². The molecule has 1 saturated carbocycles. The number of nitrogens with two attached hydrogens (primary N) is 1. The Balaban J connectivity index is 1.75. The van der Waals surface area contributed by atoms with Crippen LogP contribution in [0.5, 0.6) is 0 Å². The zero-order valence-electron chi connectivity index (χ0n) is 11.7. The number of carbonyl (C=O) groups excluding carboxylic acids is 1. The number of carbonyl (C=O) groups is 1. The molecule has 0 heterocycles. The van der Waals surface area contributed by atoms with Gasteiger partial charge in [-0.25, -0.2) is 0 Å². The lowest BCUT2D eigenvalue weighted by atomic mass is 10.1. The highest BCUT2D eigenvalue weighted by molar-refractivity contribution is 5.85. The van der Waals surface area contributed by atoms with Crippen molar-refractivity contribution in [2.75, 3.05) is 13.1 Å². The van der Waals surface area contributed by atoms with E-state index in [1.54, 1.807) is 0 Å². The fraction of sp³-hybridized carbons (Fsp3) is 0.562. The predicted octanol–water partition coefficient (Wildman–Crippen LogP) is 2.04. The minimum Gasteiger partial charge on any atom is -0.355 e. The molecule has 104 valence electrons. The van der Waals surface area contributed by atoms with Crippen molar-refractivity contribution in [3.63, 3.8) is 0 Å². The van der Waals surface area contributed by atoms with E-state index < -0.39 is 0 Å². The molecule has 3 nitrogen and oxygen atoms in total. The Bertz CT molecular complexity index is 421. The van der Waals surface area contributed by atoms with Gasteiger partial charge in [0.1, 0.15) is 0 Å². The van der Waals surface area contributed by atoms with E-state index in [0.29, 0.717) is 13.1 Å². The minimum absolute atomic E-state index is 0.137. The molecule has 0 aliphatic heterocycles. The summed E-state index contributed by atoms with van der Waals surface area (Å²) in [7, 11) is 0. The van der Waals surface area contributed by atoms with Gasteiger partial charge in [-0.1, -0.05) is 37.6 Å². The van der Waals surface area contributed by atoms with E-state index in [-0.39, 0.29) is 11.3 Å². The molecule has 3 N–H and O–H groups in total. The van der Waals surface area contributed by atoms with Gasteiger partial charge in [0.05, 0.1) is 5.41 Å². The van der Waals surface area contributed by atoms with Crippen LogP contribution in [0.4, 0.5) is 0 Å². The summed E-state index contributed by atoms with van der Waals surface area (Å²) in [5.74, 6) is 0.137. The van der Waals surface area contributed by atoms with Crippen LogP contribution in [0.25, 0.3) is 0 Å². The predicted molar refractivity (Wildman–Crippen MR) is 77.9 cm³/mol. The van der Waals surface area contributed by atoms with E-state index >= 15 is 0 Å². The SMILES string of the molecule is CCCc1ccc(CCNC(=O)C2(CN)CC2)cc1. The van der Waals surface area contributed by atoms with Crippen molar-refractivity contribution in [2.45, 2.75) is 39.0 Å². The molecule has 1 aliphatic rings. The Morgan fingerprint density at radius 3 is 2.26 bits per heavy atom.